The molecule has 1 aliphatic heterocycles. The Labute approximate surface area is 149 Å². The molecule has 0 aliphatic carbocycles. The summed E-state index contributed by atoms with van der Waals surface area (Å²) in [6.07, 6.45) is 5.40. The Hall–Kier alpha value is -1.40. The molecule has 0 saturated carbocycles. The van der Waals surface area contributed by atoms with E-state index in [1.54, 1.807) is 11.3 Å². The lowest BCUT2D eigenvalue weighted by atomic mass is 10.1. The number of carbonyl (C=O) groups is 1. The van der Waals surface area contributed by atoms with Crippen LogP contribution in [0, 0.1) is 0 Å². The maximum absolute atomic E-state index is 12.1. The lowest BCUT2D eigenvalue weighted by molar-refractivity contribution is -0.121. The lowest BCUT2D eigenvalue weighted by Gasteiger charge is -2.24. The first-order valence-electron chi connectivity index (χ1n) is 7.90. The van der Waals surface area contributed by atoms with Gasteiger partial charge in [-0.3, -0.25) is 4.79 Å². The highest BCUT2D eigenvalue weighted by Crippen LogP contribution is 2.26. The highest BCUT2D eigenvalue weighted by molar-refractivity contribution is 9.10. The van der Waals surface area contributed by atoms with Crippen LogP contribution in [-0.4, -0.2) is 30.0 Å². The van der Waals surface area contributed by atoms with E-state index in [9.17, 15) is 4.79 Å². The zero-order valence-corrected chi connectivity index (χ0v) is 15.3. The van der Waals surface area contributed by atoms with Crippen molar-refractivity contribution >= 4 is 38.3 Å². The van der Waals surface area contributed by atoms with Gasteiger partial charge in [0.1, 0.15) is 0 Å². The van der Waals surface area contributed by atoms with Gasteiger partial charge in [-0.1, -0.05) is 34.1 Å². The van der Waals surface area contributed by atoms with E-state index in [1.807, 2.05) is 29.8 Å². The second kappa shape index (κ2) is 7.93. The number of nitrogens with zero attached hydrogens (tertiary/aromatic N) is 2. The molecule has 1 aliphatic rings. The molecule has 4 nitrogen and oxygen atoms in total. The lowest BCUT2D eigenvalue weighted by Crippen LogP contribution is -2.40. The van der Waals surface area contributed by atoms with Crippen LogP contribution < -0.4 is 10.2 Å². The van der Waals surface area contributed by atoms with Crippen molar-refractivity contribution in [2.24, 2.45) is 0 Å². The third-order valence-corrected chi connectivity index (χ3v) is 5.74. The molecular formula is C17H20BrN3OS. The fourth-order valence-corrected chi connectivity index (χ4v) is 4.15. The Kier molecular flexibility index (Phi) is 5.67. The van der Waals surface area contributed by atoms with Gasteiger partial charge < -0.3 is 10.2 Å². The van der Waals surface area contributed by atoms with Gasteiger partial charge in [0.15, 0.2) is 5.13 Å². The molecule has 3 rings (SSSR count). The number of aromatic nitrogens is 1. The summed E-state index contributed by atoms with van der Waals surface area (Å²) in [5.41, 5.74) is 1.17. The standard InChI is InChI=1S/C17H20BrN3OS/c18-15-6-2-1-4-13(15)7-8-16(22)20-12-14-5-3-10-21(14)17-19-9-11-23-17/h1-2,4,6,9,11,14H,3,5,7-8,10,12H2,(H,20,22). The molecule has 23 heavy (non-hydrogen) atoms. The zero-order chi connectivity index (χ0) is 16.1. The molecule has 1 saturated heterocycles. The van der Waals surface area contributed by atoms with Crippen LogP contribution in [0.25, 0.3) is 0 Å². The summed E-state index contributed by atoms with van der Waals surface area (Å²) < 4.78 is 1.07. The molecule has 1 N–H and O–H groups in total. The molecule has 0 bridgehead atoms. The summed E-state index contributed by atoms with van der Waals surface area (Å²) in [4.78, 5) is 18.8. The molecule has 6 heteroatoms. The molecule has 1 fully saturated rings. The number of anilines is 1. The maximum atomic E-state index is 12.1. The largest absolute Gasteiger partial charge is 0.354 e. The topological polar surface area (TPSA) is 45.2 Å². The quantitative estimate of drug-likeness (QED) is 0.814. The number of hydrogen-bond acceptors (Lipinski definition) is 4. The van der Waals surface area contributed by atoms with E-state index >= 15 is 0 Å². The summed E-state index contributed by atoms with van der Waals surface area (Å²) in [6.45, 7) is 1.74. The Morgan fingerprint density at radius 2 is 2.30 bits per heavy atom. The number of rotatable bonds is 6. The van der Waals surface area contributed by atoms with Crippen molar-refractivity contribution in [2.45, 2.75) is 31.7 Å². The third kappa shape index (κ3) is 4.32. The smallest absolute Gasteiger partial charge is 0.220 e. The van der Waals surface area contributed by atoms with Gasteiger partial charge in [0, 0.05) is 41.6 Å². The first kappa shape index (κ1) is 16.5. The molecule has 1 unspecified atom stereocenters. The average molecular weight is 394 g/mol. The van der Waals surface area contributed by atoms with Gasteiger partial charge in [0.05, 0.1) is 0 Å². The highest BCUT2D eigenvalue weighted by atomic mass is 79.9. The predicted octanol–water partition coefficient (Wildman–Crippen LogP) is 3.62. The number of amides is 1. The number of halogens is 1. The maximum Gasteiger partial charge on any atom is 0.220 e. The van der Waals surface area contributed by atoms with Crippen LogP contribution in [0.3, 0.4) is 0 Å². The second-order valence-corrected chi connectivity index (χ2v) is 7.43. The van der Waals surface area contributed by atoms with Gasteiger partial charge >= 0.3 is 0 Å². The molecule has 1 aromatic carbocycles. The van der Waals surface area contributed by atoms with Gasteiger partial charge in [0.25, 0.3) is 0 Å². The number of aryl methyl sites for hydroxylation is 1. The van der Waals surface area contributed by atoms with Gasteiger partial charge in [-0.2, -0.15) is 0 Å². The van der Waals surface area contributed by atoms with Crippen LogP contribution in [0.1, 0.15) is 24.8 Å². The molecule has 1 atom stereocenters. The summed E-state index contributed by atoms with van der Waals surface area (Å²) in [7, 11) is 0. The van der Waals surface area contributed by atoms with Gasteiger partial charge in [-0.05, 0) is 30.9 Å². The van der Waals surface area contributed by atoms with E-state index in [-0.39, 0.29) is 5.91 Å². The number of hydrogen-bond donors (Lipinski definition) is 1. The molecule has 2 heterocycles. The van der Waals surface area contributed by atoms with E-state index in [0.717, 1.165) is 35.4 Å². The van der Waals surface area contributed by atoms with Crippen LogP contribution in [0.4, 0.5) is 5.13 Å². The van der Waals surface area contributed by atoms with E-state index in [1.165, 1.54) is 5.56 Å². The van der Waals surface area contributed by atoms with Crippen LogP contribution in [0.5, 0.6) is 0 Å². The fraction of sp³-hybridized carbons (Fsp3) is 0.412. The number of benzene rings is 1. The Bertz CT molecular complexity index is 647. The molecule has 0 radical (unpaired) electrons. The normalized spacial score (nSPS) is 17.4. The van der Waals surface area contributed by atoms with Crippen LogP contribution in [-0.2, 0) is 11.2 Å². The Morgan fingerprint density at radius 1 is 1.43 bits per heavy atom. The minimum Gasteiger partial charge on any atom is -0.354 e. The Balaban J connectivity index is 1.46. The third-order valence-electron chi connectivity index (χ3n) is 4.16. The van der Waals surface area contributed by atoms with Crippen molar-refractivity contribution in [3.05, 3.63) is 45.9 Å². The Morgan fingerprint density at radius 3 is 3.09 bits per heavy atom. The van der Waals surface area contributed by atoms with Gasteiger partial charge in [0.2, 0.25) is 5.91 Å². The summed E-state index contributed by atoms with van der Waals surface area (Å²) >= 11 is 5.19. The molecule has 1 aromatic heterocycles. The van der Waals surface area contributed by atoms with Crippen molar-refractivity contribution in [2.75, 3.05) is 18.0 Å². The van der Waals surface area contributed by atoms with Crippen molar-refractivity contribution in [3.63, 3.8) is 0 Å². The molecule has 122 valence electrons. The van der Waals surface area contributed by atoms with Crippen LogP contribution in [0.2, 0.25) is 0 Å². The monoisotopic (exact) mass is 393 g/mol. The van der Waals surface area contributed by atoms with E-state index < -0.39 is 0 Å². The van der Waals surface area contributed by atoms with Crippen molar-refractivity contribution in [3.8, 4) is 0 Å². The van der Waals surface area contributed by atoms with E-state index in [0.29, 0.717) is 19.0 Å². The van der Waals surface area contributed by atoms with Gasteiger partial charge in [-0.15, -0.1) is 11.3 Å². The van der Waals surface area contributed by atoms with Crippen molar-refractivity contribution in [1.82, 2.24) is 10.3 Å². The molecule has 1 amide bonds. The summed E-state index contributed by atoms with van der Waals surface area (Å²) in [6, 6.07) is 8.42. The highest BCUT2D eigenvalue weighted by Gasteiger charge is 2.26. The fourth-order valence-electron chi connectivity index (χ4n) is 2.93. The minimum atomic E-state index is 0.117. The van der Waals surface area contributed by atoms with Crippen molar-refractivity contribution in [1.29, 1.82) is 0 Å². The molecule has 0 spiro atoms. The summed E-state index contributed by atoms with van der Waals surface area (Å²) in [5.74, 6) is 0.117. The first-order valence-corrected chi connectivity index (χ1v) is 9.57. The number of carbonyl (C=O) groups excluding carboxylic acids is 1. The minimum absolute atomic E-state index is 0.117. The van der Waals surface area contributed by atoms with Crippen LogP contribution >= 0.6 is 27.3 Å². The summed E-state index contributed by atoms with van der Waals surface area (Å²) in [5, 5.41) is 6.15. The van der Waals surface area contributed by atoms with E-state index in [4.69, 9.17) is 0 Å². The molecule has 2 aromatic rings. The van der Waals surface area contributed by atoms with E-state index in [2.05, 4.69) is 37.2 Å². The second-order valence-electron chi connectivity index (χ2n) is 5.70. The van der Waals surface area contributed by atoms with Crippen molar-refractivity contribution < 1.29 is 4.79 Å². The number of thiazole rings is 1. The van der Waals surface area contributed by atoms with Crippen LogP contribution in [0.15, 0.2) is 40.3 Å². The predicted molar refractivity (Wildman–Crippen MR) is 98.0 cm³/mol. The van der Waals surface area contributed by atoms with Gasteiger partial charge in [-0.25, -0.2) is 4.98 Å². The molecular weight excluding hydrogens is 374 g/mol. The zero-order valence-electron chi connectivity index (χ0n) is 12.9. The average Bonchev–Trinajstić information content (AvgIpc) is 3.22. The SMILES string of the molecule is O=C(CCc1ccccc1Br)NCC1CCCN1c1nccs1. The first-order chi connectivity index (χ1) is 11.2. The number of nitrogens with one attached hydrogen (secondary N) is 1.